The molecule has 0 heteroatoms. The van der Waals surface area contributed by atoms with Crippen LogP contribution in [0.3, 0.4) is 0 Å². The van der Waals surface area contributed by atoms with Gasteiger partial charge in [-0.25, -0.2) is 0 Å². The van der Waals surface area contributed by atoms with E-state index >= 15 is 0 Å². The maximum absolute atomic E-state index is 2.50. The minimum atomic E-state index is 0.840. The molecule has 0 nitrogen and oxygen atoms in total. The van der Waals surface area contributed by atoms with Gasteiger partial charge in [-0.3, -0.25) is 0 Å². The molecule has 0 spiro atoms. The third-order valence-electron chi connectivity index (χ3n) is 3.11. The Kier molecular flexibility index (Phi) is 2.34. The van der Waals surface area contributed by atoms with Crippen molar-refractivity contribution in [2.75, 3.05) is 0 Å². The minimum Gasteiger partial charge on any atom is -0.0847 e. The maximum atomic E-state index is 2.50. The van der Waals surface area contributed by atoms with E-state index in [1.165, 1.54) is 32.1 Å². The van der Waals surface area contributed by atoms with Crippen LogP contribution in [0.15, 0.2) is 23.8 Å². The van der Waals surface area contributed by atoms with Crippen molar-refractivity contribution in [3.8, 4) is 0 Å². The minimum absolute atomic E-state index is 0.840. The molecule has 0 N–H and O–H groups in total. The Morgan fingerprint density at radius 1 is 1.50 bits per heavy atom. The number of unbranched alkanes of at least 4 members (excludes halogenated alkanes) is 2. The first kappa shape index (κ1) is 8.10. The topological polar surface area (TPSA) is 0 Å². The highest BCUT2D eigenvalue weighted by Crippen LogP contribution is 2.43. The summed E-state index contributed by atoms with van der Waals surface area (Å²) in [7, 11) is 0. The Labute approximate surface area is 75.4 Å². The number of hydrogen-bond acceptors (Lipinski definition) is 0. The zero-order chi connectivity index (χ0) is 8.39. The number of fused-ring (bicyclic) bond motifs is 2. The molecule has 0 saturated heterocycles. The Hall–Kier alpha value is -0.520. The first-order chi connectivity index (χ1) is 5.90. The van der Waals surface area contributed by atoms with Crippen molar-refractivity contribution >= 4 is 0 Å². The average molecular weight is 162 g/mol. The molecule has 2 bridgehead atoms. The van der Waals surface area contributed by atoms with Crippen LogP contribution in [0.1, 0.15) is 39.0 Å². The monoisotopic (exact) mass is 162 g/mol. The predicted molar refractivity (Wildman–Crippen MR) is 53.0 cm³/mol. The summed E-state index contributed by atoms with van der Waals surface area (Å²) in [5.74, 6) is 1.75. The molecule has 2 unspecified atom stereocenters. The van der Waals surface area contributed by atoms with Gasteiger partial charge < -0.3 is 0 Å². The van der Waals surface area contributed by atoms with Crippen LogP contribution in [0.2, 0.25) is 0 Å². The molecule has 2 aliphatic carbocycles. The molecule has 2 rings (SSSR count). The third-order valence-corrected chi connectivity index (χ3v) is 3.11. The predicted octanol–water partition coefficient (Wildman–Crippen LogP) is 3.70. The lowest BCUT2D eigenvalue weighted by Gasteiger charge is -2.07. The summed E-state index contributed by atoms with van der Waals surface area (Å²) in [5, 5.41) is 0. The molecular weight excluding hydrogens is 144 g/mol. The van der Waals surface area contributed by atoms with Gasteiger partial charge in [0.25, 0.3) is 0 Å². The lowest BCUT2D eigenvalue weighted by Crippen LogP contribution is -1.91. The van der Waals surface area contributed by atoms with Gasteiger partial charge in [-0.15, -0.1) is 0 Å². The largest absolute Gasteiger partial charge is 0.0847 e. The van der Waals surface area contributed by atoms with E-state index in [1.54, 1.807) is 5.57 Å². The number of hydrogen-bond donors (Lipinski definition) is 0. The van der Waals surface area contributed by atoms with Gasteiger partial charge in [0.15, 0.2) is 0 Å². The van der Waals surface area contributed by atoms with Crippen LogP contribution in [-0.2, 0) is 0 Å². The summed E-state index contributed by atoms with van der Waals surface area (Å²) in [6.45, 7) is 2.26. The Morgan fingerprint density at radius 3 is 3.00 bits per heavy atom. The van der Waals surface area contributed by atoms with Gasteiger partial charge in [-0.05, 0) is 31.1 Å². The summed E-state index contributed by atoms with van der Waals surface area (Å²) in [5.41, 5.74) is 1.73. The normalized spacial score (nSPS) is 35.2. The van der Waals surface area contributed by atoms with Crippen LogP contribution < -0.4 is 0 Å². The third kappa shape index (κ3) is 1.48. The summed E-state index contributed by atoms with van der Waals surface area (Å²) >= 11 is 0. The van der Waals surface area contributed by atoms with E-state index in [0.29, 0.717) is 0 Å². The number of allylic oxidation sites excluding steroid dienone is 4. The van der Waals surface area contributed by atoms with Crippen molar-refractivity contribution in [2.45, 2.75) is 39.0 Å². The van der Waals surface area contributed by atoms with Crippen molar-refractivity contribution in [1.29, 1.82) is 0 Å². The highest BCUT2D eigenvalue weighted by molar-refractivity contribution is 5.26. The van der Waals surface area contributed by atoms with Crippen LogP contribution >= 0.6 is 0 Å². The molecule has 0 aromatic heterocycles. The molecule has 0 heterocycles. The van der Waals surface area contributed by atoms with E-state index in [4.69, 9.17) is 0 Å². The molecule has 12 heavy (non-hydrogen) atoms. The zero-order valence-electron chi connectivity index (χ0n) is 7.92. The second-order valence-corrected chi connectivity index (χ2v) is 4.11. The van der Waals surface area contributed by atoms with E-state index in [-0.39, 0.29) is 0 Å². The molecule has 0 aliphatic heterocycles. The van der Waals surface area contributed by atoms with E-state index in [0.717, 1.165) is 11.8 Å². The van der Waals surface area contributed by atoms with Crippen molar-refractivity contribution in [3.05, 3.63) is 23.8 Å². The summed E-state index contributed by atoms with van der Waals surface area (Å²) in [6, 6.07) is 0. The fourth-order valence-corrected chi connectivity index (χ4v) is 2.38. The molecule has 0 aromatic rings. The highest BCUT2D eigenvalue weighted by Gasteiger charge is 2.29. The summed E-state index contributed by atoms with van der Waals surface area (Å²) in [6.07, 6.45) is 14.1. The molecule has 1 fully saturated rings. The fraction of sp³-hybridized carbons (Fsp3) is 0.667. The standard InChI is InChI=1S/C12H18/c1-2-3-4-5-11-8-10-6-7-12(11)9-10/h5-7,10,12H,2-4,8-9H2,1H3/b11-5+. The molecule has 2 aliphatic rings. The highest BCUT2D eigenvalue weighted by atomic mass is 14.3. The molecule has 1 saturated carbocycles. The summed E-state index contributed by atoms with van der Waals surface area (Å²) < 4.78 is 0. The Morgan fingerprint density at radius 2 is 2.42 bits per heavy atom. The van der Waals surface area contributed by atoms with E-state index in [2.05, 4.69) is 25.2 Å². The lowest BCUT2D eigenvalue weighted by molar-refractivity contribution is 0.693. The zero-order valence-corrected chi connectivity index (χ0v) is 7.92. The van der Waals surface area contributed by atoms with Crippen LogP contribution in [0.4, 0.5) is 0 Å². The molecular formula is C12H18. The van der Waals surface area contributed by atoms with Crippen LogP contribution in [-0.4, -0.2) is 0 Å². The average Bonchev–Trinajstić information content (AvgIpc) is 2.65. The Bertz CT molecular complexity index is 210. The molecule has 0 radical (unpaired) electrons. The first-order valence-corrected chi connectivity index (χ1v) is 5.27. The lowest BCUT2D eigenvalue weighted by atomic mass is 9.99. The SMILES string of the molecule is CCCC/C=C1\CC2C=CC1C2. The van der Waals surface area contributed by atoms with Gasteiger partial charge in [0, 0.05) is 0 Å². The van der Waals surface area contributed by atoms with Crippen LogP contribution in [0.5, 0.6) is 0 Å². The van der Waals surface area contributed by atoms with Gasteiger partial charge in [-0.1, -0.05) is 43.6 Å². The van der Waals surface area contributed by atoms with Crippen LogP contribution in [0.25, 0.3) is 0 Å². The van der Waals surface area contributed by atoms with Gasteiger partial charge in [0.05, 0.1) is 0 Å². The van der Waals surface area contributed by atoms with E-state index in [1.807, 2.05) is 0 Å². The molecule has 2 atom stereocenters. The maximum Gasteiger partial charge on any atom is -0.00173 e. The van der Waals surface area contributed by atoms with Crippen molar-refractivity contribution in [3.63, 3.8) is 0 Å². The van der Waals surface area contributed by atoms with E-state index < -0.39 is 0 Å². The molecule has 66 valence electrons. The smallest absolute Gasteiger partial charge is 0.00173 e. The van der Waals surface area contributed by atoms with Crippen molar-refractivity contribution in [1.82, 2.24) is 0 Å². The Balaban J connectivity index is 1.89. The van der Waals surface area contributed by atoms with E-state index in [9.17, 15) is 0 Å². The second kappa shape index (κ2) is 3.47. The van der Waals surface area contributed by atoms with Gasteiger partial charge in [0.1, 0.15) is 0 Å². The van der Waals surface area contributed by atoms with Gasteiger partial charge in [-0.2, -0.15) is 0 Å². The van der Waals surface area contributed by atoms with Gasteiger partial charge in [0.2, 0.25) is 0 Å². The molecule has 0 amide bonds. The van der Waals surface area contributed by atoms with Crippen molar-refractivity contribution in [2.24, 2.45) is 11.8 Å². The van der Waals surface area contributed by atoms with Gasteiger partial charge >= 0.3 is 0 Å². The number of rotatable bonds is 3. The van der Waals surface area contributed by atoms with Crippen LogP contribution in [0, 0.1) is 11.8 Å². The first-order valence-electron chi connectivity index (χ1n) is 5.27. The quantitative estimate of drug-likeness (QED) is 0.438. The molecule has 0 aromatic carbocycles. The second-order valence-electron chi connectivity index (χ2n) is 4.11. The fourth-order valence-electron chi connectivity index (χ4n) is 2.38. The summed E-state index contributed by atoms with van der Waals surface area (Å²) in [4.78, 5) is 0. The van der Waals surface area contributed by atoms with Crippen molar-refractivity contribution < 1.29 is 0 Å².